The third-order valence-corrected chi connectivity index (χ3v) is 6.83. The van der Waals surface area contributed by atoms with Gasteiger partial charge in [0.25, 0.3) is 0 Å². The molecule has 4 aromatic rings. The number of phenolic OH excluding ortho intramolecular Hbond substituents is 1. The van der Waals surface area contributed by atoms with E-state index in [0.717, 1.165) is 39.7 Å². The lowest BCUT2D eigenvalue weighted by atomic mass is 9.78. The van der Waals surface area contributed by atoms with Crippen molar-refractivity contribution >= 4 is 23.0 Å². The topological polar surface area (TPSA) is 66.6 Å². The summed E-state index contributed by atoms with van der Waals surface area (Å²) in [4.78, 5) is 12.7. The molecule has 0 aliphatic carbocycles. The molecule has 1 amide bonds. The maximum Gasteiger partial charge on any atom is 0.240 e. The van der Waals surface area contributed by atoms with Crippen molar-refractivity contribution in [2.24, 2.45) is 5.10 Å². The third kappa shape index (κ3) is 6.34. The van der Waals surface area contributed by atoms with Gasteiger partial charge in [-0.2, -0.15) is 5.10 Å². The fraction of sp³-hybridized carbons (Fsp3) is 0.333. The van der Waals surface area contributed by atoms with Gasteiger partial charge in [-0.15, -0.1) is 0 Å². The van der Waals surface area contributed by atoms with E-state index in [1.165, 1.54) is 5.56 Å². The number of hydrazone groups is 1. The van der Waals surface area contributed by atoms with Crippen LogP contribution in [0.2, 0.25) is 0 Å². The second-order valence-corrected chi connectivity index (χ2v) is 12.0. The first-order chi connectivity index (χ1) is 17.9. The summed E-state index contributed by atoms with van der Waals surface area (Å²) >= 11 is 0. The predicted molar refractivity (Wildman–Crippen MR) is 157 cm³/mol. The van der Waals surface area contributed by atoms with E-state index in [2.05, 4.69) is 87.1 Å². The quantitative estimate of drug-likeness (QED) is 0.207. The smallest absolute Gasteiger partial charge is 0.240 e. The van der Waals surface area contributed by atoms with Crippen LogP contribution in [0.5, 0.6) is 5.75 Å². The second kappa shape index (κ2) is 10.9. The standard InChI is InChI=1S/C33H39N3O2/c1-32(2,3)27-18-24(19-28(31(27)38)33(4,5)6)16-17-30(37)35-34-20-25-22-36(21-23-12-8-7-9-13-23)29-15-11-10-14-26(25)29/h7-15,18-20,22,38H,16-17,21H2,1-6H3,(H,35,37)/b34-20-. The average Bonchev–Trinajstić information content (AvgIpc) is 3.20. The van der Waals surface area contributed by atoms with Gasteiger partial charge >= 0.3 is 0 Å². The van der Waals surface area contributed by atoms with E-state index in [1.807, 2.05) is 42.5 Å². The van der Waals surface area contributed by atoms with E-state index in [-0.39, 0.29) is 16.7 Å². The molecule has 0 saturated heterocycles. The van der Waals surface area contributed by atoms with Crippen LogP contribution >= 0.6 is 0 Å². The molecule has 0 aliphatic rings. The van der Waals surface area contributed by atoms with Gasteiger partial charge in [-0.25, -0.2) is 5.43 Å². The molecule has 0 radical (unpaired) electrons. The minimum atomic E-state index is -0.202. The zero-order valence-corrected chi connectivity index (χ0v) is 23.4. The number of carbonyl (C=O) groups is 1. The Morgan fingerprint density at radius 2 is 1.50 bits per heavy atom. The van der Waals surface area contributed by atoms with Crippen LogP contribution in [0.25, 0.3) is 10.9 Å². The number of aromatic hydroxyl groups is 1. The van der Waals surface area contributed by atoms with E-state index >= 15 is 0 Å². The summed E-state index contributed by atoms with van der Waals surface area (Å²) in [5.74, 6) is 0.214. The summed E-state index contributed by atoms with van der Waals surface area (Å²) in [6, 6.07) is 22.6. The van der Waals surface area contributed by atoms with Gasteiger partial charge in [-0.3, -0.25) is 4.79 Å². The highest BCUT2D eigenvalue weighted by Crippen LogP contribution is 2.40. The number of amides is 1. The van der Waals surface area contributed by atoms with Crippen molar-refractivity contribution in [1.29, 1.82) is 0 Å². The normalized spacial score (nSPS) is 12.4. The number of nitrogens with one attached hydrogen (secondary N) is 1. The molecule has 0 fully saturated rings. The Balaban J connectivity index is 1.46. The molecule has 38 heavy (non-hydrogen) atoms. The number of carbonyl (C=O) groups excluding carboxylic acids is 1. The number of aryl methyl sites for hydroxylation is 1. The molecule has 0 saturated carbocycles. The number of aromatic nitrogens is 1. The van der Waals surface area contributed by atoms with Crippen LogP contribution in [-0.4, -0.2) is 21.8 Å². The first-order valence-corrected chi connectivity index (χ1v) is 13.2. The Bertz CT molecular complexity index is 1420. The molecule has 1 aromatic heterocycles. The largest absolute Gasteiger partial charge is 0.507 e. The van der Waals surface area contributed by atoms with Crippen molar-refractivity contribution < 1.29 is 9.90 Å². The number of para-hydroxylation sites is 1. The number of hydrogen-bond acceptors (Lipinski definition) is 3. The average molecular weight is 510 g/mol. The number of fused-ring (bicyclic) bond motifs is 1. The number of rotatable bonds is 7. The van der Waals surface area contributed by atoms with Crippen molar-refractivity contribution in [3.8, 4) is 5.75 Å². The summed E-state index contributed by atoms with van der Waals surface area (Å²) in [6.45, 7) is 13.3. The number of phenols is 1. The minimum absolute atomic E-state index is 0.142. The molecule has 3 aromatic carbocycles. The summed E-state index contributed by atoms with van der Waals surface area (Å²) in [5.41, 5.74) is 8.46. The molecular weight excluding hydrogens is 470 g/mol. The van der Waals surface area contributed by atoms with Gasteiger partial charge in [0.1, 0.15) is 5.75 Å². The maximum atomic E-state index is 12.7. The van der Waals surface area contributed by atoms with Crippen molar-refractivity contribution in [2.45, 2.75) is 71.8 Å². The van der Waals surface area contributed by atoms with Crippen molar-refractivity contribution in [3.63, 3.8) is 0 Å². The monoisotopic (exact) mass is 509 g/mol. The molecule has 2 N–H and O–H groups in total. The highest BCUT2D eigenvalue weighted by molar-refractivity contribution is 5.99. The first-order valence-electron chi connectivity index (χ1n) is 13.2. The van der Waals surface area contributed by atoms with Crippen LogP contribution in [0, 0.1) is 0 Å². The Morgan fingerprint density at radius 3 is 2.13 bits per heavy atom. The van der Waals surface area contributed by atoms with Gasteiger partial charge in [0.05, 0.1) is 6.21 Å². The SMILES string of the molecule is CC(C)(C)c1cc(CCC(=O)N/N=C\c2cn(Cc3ccccc3)c3ccccc23)cc(C(C)(C)C)c1O. The zero-order valence-electron chi connectivity index (χ0n) is 23.4. The van der Waals surface area contributed by atoms with Crippen LogP contribution in [0.15, 0.2) is 78.0 Å². The van der Waals surface area contributed by atoms with Gasteiger partial charge in [-0.05, 0) is 45.6 Å². The zero-order chi connectivity index (χ0) is 27.5. The summed E-state index contributed by atoms with van der Waals surface area (Å²) in [5, 5.41) is 16.3. The van der Waals surface area contributed by atoms with Crippen LogP contribution in [0.1, 0.15) is 75.8 Å². The van der Waals surface area contributed by atoms with Crippen LogP contribution < -0.4 is 5.43 Å². The maximum absolute atomic E-state index is 12.7. The molecule has 1 heterocycles. The molecule has 4 rings (SSSR count). The fourth-order valence-electron chi connectivity index (χ4n) is 4.76. The molecule has 0 aliphatic heterocycles. The van der Waals surface area contributed by atoms with E-state index < -0.39 is 0 Å². The number of nitrogens with zero attached hydrogens (tertiary/aromatic N) is 2. The Kier molecular flexibility index (Phi) is 7.77. The lowest BCUT2D eigenvalue weighted by Gasteiger charge is -2.28. The van der Waals surface area contributed by atoms with E-state index in [9.17, 15) is 9.90 Å². The fourth-order valence-corrected chi connectivity index (χ4v) is 4.76. The van der Waals surface area contributed by atoms with Crippen LogP contribution in [0.4, 0.5) is 0 Å². The molecule has 0 spiro atoms. The Hall–Kier alpha value is -3.86. The Morgan fingerprint density at radius 1 is 0.895 bits per heavy atom. The second-order valence-electron chi connectivity index (χ2n) is 12.0. The summed E-state index contributed by atoms with van der Waals surface area (Å²) < 4.78 is 2.21. The molecule has 0 atom stereocenters. The van der Waals surface area contributed by atoms with Crippen molar-refractivity contribution in [2.75, 3.05) is 0 Å². The predicted octanol–water partition coefficient (Wildman–Crippen LogP) is 7.07. The number of benzene rings is 3. The van der Waals surface area contributed by atoms with Gasteiger partial charge in [-0.1, -0.05) is 102 Å². The summed E-state index contributed by atoms with van der Waals surface area (Å²) in [6.07, 6.45) is 4.68. The van der Waals surface area contributed by atoms with E-state index in [0.29, 0.717) is 18.6 Å². The van der Waals surface area contributed by atoms with Gasteiger partial charge < -0.3 is 9.67 Å². The van der Waals surface area contributed by atoms with E-state index in [4.69, 9.17) is 0 Å². The highest BCUT2D eigenvalue weighted by atomic mass is 16.3. The molecule has 0 bridgehead atoms. The molecule has 5 nitrogen and oxygen atoms in total. The molecule has 0 unspecified atom stereocenters. The lowest BCUT2D eigenvalue weighted by molar-refractivity contribution is -0.121. The van der Waals surface area contributed by atoms with Gasteiger partial charge in [0.2, 0.25) is 5.91 Å². The Labute approximate surface area is 226 Å². The first kappa shape index (κ1) is 27.2. The molecule has 5 heteroatoms. The minimum Gasteiger partial charge on any atom is -0.507 e. The molecule has 198 valence electrons. The van der Waals surface area contributed by atoms with Crippen LogP contribution in [0.3, 0.4) is 0 Å². The van der Waals surface area contributed by atoms with Crippen molar-refractivity contribution in [1.82, 2.24) is 9.99 Å². The third-order valence-electron chi connectivity index (χ3n) is 6.83. The van der Waals surface area contributed by atoms with Gasteiger partial charge in [0, 0.05) is 35.6 Å². The lowest BCUT2D eigenvalue weighted by Crippen LogP contribution is -2.20. The molecular formula is C33H39N3O2. The van der Waals surface area contributed by atoms with E-state index in [1.54, 1.807) is 6.21 Å². The number of hydrogen-bond donors (Lipinski definition) is 2. The summed E-state index contributed by atoms with van der Waals surface area (Å²) in [7, 11) is 0. The van der Waals surface area contributed by atoms with Crippen LogP contribution in [-0.2, 0) is 28.6 Å². The highest BCUT2D eigenvalue weighted by Gasteiger charge is 2.26. The van der Waals surface area contributed by atoms with Crippen molar-refractivity contribution in [3.05, 3.63) is 101 Å². The van der Waals surface area contributed by atoms with Gasteiger partial charge in [0.15, 0.2) is 0 Å².